The molecule has 1 aliphatic heterocycles. The maximum atomic E-state index is 14.2. The minimum Gasteiger partial charge on any atom is -0.492 e. The number of aromatic nitrogens is 2. The first-order valence-electron chi connectivity index (χ1n) is 15.0. The van der Waals surface area contributed by atoms with Crippen LogP contribution in [0.2, 0.25) is 0 Å². The van der Waals surface area contributed by atoms with Crippen molar-refractivity contribution < 1.29 is 27.9 Å². The predicted octanol–water partition coefficient (Wildman–Crippen LogP) is 3.99. The van der Waals surface area contributed by atoms with E-state index in [1.54, 1.807) is 26.1 Å². The Bertz CT molecular complexity index is 1560. The average molecular weight is 626 g/mol. The number of nitrogens with one attached hydrogen (secondary N) is 4. The van der Waals surface area contributed by atoms with Gasteiger partial charge in [0.15, 0.2) is 0 Å². The lowest BCUT2D eigenvalue weighted by molar-refractivity contribution is -0.143. The molecule has 242 valence electrons. The van der Waals surface area contributed by atoms with Crippen molar-refractivity contribution in [2.75, 3.05) is 30.8 Å². The van der Waals surface area contributed by atoms with Gasteiger partial charge in [0.1, 0.15) is 41.6 Å². The van der Waals surface area contributed by atoms with Crippen LogP contribution >= 0.6 is 0 Å². The van der Waals surface area contributed by atoms with E-state index >= 15 is 0 Å². The van der Waals surface area contributed by atoms with Gasteiger partial charge in [-0.15, -0.1) is 0 Å². The van der Waals surface area contributed by atoms with Crippen LogP contribution in [0.3, 0.4) is 0 Å². The number of amides is 3. The molecule has 13 heteroatoms. The van der Waals surface area contributed by atoms with Crippen LogP contribution in [0.4, 0.5) is 20.3 Å². The van der Waals surface area contributed by atoms with Crippen molar-refractivity contribution in [2.24, 2.45) is 5.41 Å². The molecule has 4 rings (SSSR count). The summed E-state index contributed by atoms with van der Waals surface area (Å²) in [5.41, 5.74) is 0.511. The molecule has 2 aromatic carbocycles. The zero-order chi connectivity index (χ0) is 32.9. The number of carbonyl (C=O) groups excluding carboxylic acids is 3. The van der Waals surface area contributed by atoms with E-state index in [-0.39, 0.29) is 23.9 Å². The fraction of sp³-hybridized carbons (Fsp3) is 0.469. The molecule has 0 spiro atoms. The van der Waals surface area contributed by atoms with E-state index in [4.69, 9.17) is 4.74 Å². The normalized spacial score (nSPS) is 16.3. The van der Waals surface area contributed by atoms with Crippen molar-refractivity contribution in [3.8, 4) is 5.75 Å². The number of anilines is 2. The van der Waals surface area contributed by atoms with Gasteiger partial charge in [0, 0.05) is 36.2 Å². The van der Waals surface area contributed by atoms with Crippen LogP contribution in [-0.2, 0) is 20.9 Å². The molecule has 1 saturated heterocycles. The van der Waals surface area contributed by atoms with Crippen molar-refractivity contribution in [3.05, 3.63) is 53.9 Å². The van der Waals surface area contributed by atoms with Crippen molar-refractivity contribution in [2.45, 2.75) is 72.1 Å². The number of halogens is 2. The second-order valence-corrected chi connectivity index (χ2v) is 12.1. The highest BCUT2D eigenvalue weighted by Gasteiger charge is 2.42. The summed E-state index contributed by atoms with van der Waals surface area (Å²) in [4.78, 5) is 50.5. The number of likely N-dealkylation sites (tertiary alicyclic amines) is 1. The van der Waals surface area contributed by atoms with E-state index in [0.717, 1.165) is 6.07 Å². The Morgan fingerprint density at radius 3 is 2.56 bits per heavy atom. The summed E-state index contributed by atoms with van der Waals surface area (Å²) in [6, 6.07) is 4.58. The molecule has 2 heterocycles. The molecule has 3 atom stereocenters. The van der Waals surface area contributed by atoms with Crippen molar-refractivity contribution in [1.82, 2.24) is 25.5 Å². The zero-order valence-corrected chi connectivity index (χ0v) is 26.5. The van der Waals surface area contributed by atoms with Crippen LogP contribution in [0.25, 0.3) is 10.9 Å². The van der Waals surface area contributed by atoms with Gasteiger partial charge in [-0.1, -0.05) is 26.8 Å². The summed E-state index contributed by atoms with van der Waals surface area (Å²) in [7, 11) is 1.67. The highest BCUT2D eigenvalue weighted by molar-refractivity contribution is 6.02. The maximum Gasteiger partial charge on any atom is 0.247 e. The first-order valence-corrected chi connectivity index (χ1v) is 15.0. The van der Waals surface area contributed by atoms with E-state index in [0.29, 0.717) is 54.2 Å². The number of hydrogen-bond acceptors (Lipinski definition) is 8. The second kappa shape index (κ2) is 14.1. The monoisotopic (exact) mass is 625 g/mol. The quantitative estimate of drug-likeness (QED) is 0.251. The Balaban J connectivity index is 1.59. The predicted molar refractivity (Wildman–Crippen MR) is 168 cm³/mol. The van der Waals surface area contributed by atoms with Gasteiger partial charge in [0.05, 0.1) is 23.9 Å². The molecule has 4 N–H and O–H groups in total. The first kappa shape index (κ1) is 33.5. The fourth-order valence-electron chi connectivity index (χ4n) is 5.17. The number of nitrogens with zero attached hydrogens (tertiary/aromatic N) is 3. The van der Waals surface area contributed by atoms with Gasteiger partial charge in [-0.05, 0) is 51.3 Å². The SMILES string of the molecule is CCOc1cc2ncnc(NCc3ccc(F)cc3F)c2cc1NC(=O)C1CCCN1C(=O)C(NC(=O)C(C)NC)C(C)(C)C. The van der Waals surface area contributed by atoms with Crippen LogP contribution < -0.4 is 26.0 Å². The summed E-state index contributed by atoms with van der Waals surface area (Å²) in [6.45, 7) is 9.85. The highest BCUT2D eigenvalue weighted by Crippen LogP contribution is 2.34. The minimum absolute atomic E-state index is 0.0326. The number of benzene rings is 2. The van der Waals surface area contributed by atoms with Crippen LogP contribution in [0.5, 0.6) is 5.75 Å². The van der Waals surface area contributed by atoms with E-state index < -0.39 is 41.1 Å². The Morgan fingerprint density at radius 1 is 1.13 bits per heavy atom. The Morgan fingerprint density at radius 2 is 1.89 bits per heavy atom. The third-order valence-electron chi connectivity index (χ3n) is 7.82. The number of carbonyl (C=O) groups is 3. The Labute approximate surface area is 261 Å². The molecular weight excluding hydrogens is 584 g/mol. The lowest BCUT2D eigenvalue weighted by Crippen LogP contribution is -2.59. The molecule has 3 aromatic rings. The van der Waals surface area contributed by atoms with Gasteiger partial charge < -0.3 is 30.9 Å². The summed E-state index contributed by atoms with van der Waals surface area (Å²) < 4.78 is 33.4. The van der Waals surface area contributed by atoms with Gasteiger partial charge in [-0.3, -0.25) is 14.4 Å². The molecule has 0 radical (unpaired) electrons. The maximum absolute atomic E-state index is 14.2. The van der Waals surface area contributed by atoms with Crippen LogP contribution in [0.15, 0.2) is 36.7 Å². The molecule has 11 nitrogen and oxygen atoms in total. The highest BCUT2D eigenvalue weighted by atomic mass is 19.1. The molecule has 3 unspecified atom stereocenters. The standard InChI is InChI=1S/C32H41F2N7O4/c1-7-45-26-15-23-21(28(38-17-37-23)36-16-19-10-11-20(33)13-22(19)34)14-24(26)39-30(43)25-9-8-12-41(25)31(44)27(32(3,4)5)40-29(42)18(2)35-6/h10-11,13-15,17-18,25,27,35H,7-9,12,16H2,1-6H3,(H,39,43)(H,40,42)(H,36,37,38). The number of hydrogen-bond donors (Lipinski definition) is 4. The summed E-state index contributed by atoms with van der Waals surface area (Å²) in [6.07, 6.45) is 2.43. The van der Waals surface area contributed by atoms with Gasteiger partial charge in [0.25, 0.3) is 0 Å². The van der Waals surface area contributed by atoms with Crippen molar-refractivity contribution in [1.29, 1.82) is 0 Å². The Hall–Kier alpha value is -4.39. The van der Waals surface area contributed by atoms with Gasteiger partial charge in [-0.25, -0.2) is 18.7 Å². The van der Waals surface area contributed by atoms with Gasteiger partial charge in [0.2, 0.25) is 17.7 Å². The summed E-state index contributed by atoms with van der Waals surface area (Å²) >= 11 is 0. The molecule has 45 heavy (non-hydrogen) atoms. The molecule has 0 saturated carbocycles. The molecular formula is C32H41F2N7O4. The fourth-order valence-corrected chi connectivity index (χ4v) is 5.17. The molecule has 0 bridgehead atoms. The van der Waals surface area contributed by atoms with Crippen LogP contribution in [0, 0.1) is 17.0 Å². The molecule has 1 fully saturated rings. The van der Waals surface area contributed by atoms with E-state index in [1.165, 1.54) is 23.4 Å². The smallest absolute Gasteiger partial charge is 0.247 e. The molecule has 3 amide bonds. The first-order chi connectivity index (χ1) is 21.3. The minimum atomic E-state index is -0.842. The van der Waals surface area contributed by atoms with E-state index in [1.807, 2.05) is 27.7 Å². The van der Waals surface area contributed by atoms with Crippen LogP contribution in [-0.4, -0.2) is 70.9 Å². The topological polar surface area (TPSA) is 138 Å². The third-order valence-corrected chi connectivity index (χ3v) is 7.82. The molecule has 0 aliphatic carbocycles. The summed E-state index contributed by atoms with van der Waals surface area (Å²) in [5, 5.41) is 12.3. The lowest BCUT2D eigenvalue weighted by Gasteiger charge is -2.36. The molecule has 1 aliphatic rings. The van der Waals surface area contributed by atoms with Gasteiger partial charge in [-0.2, -0.15) is 0 Å². The third kappa shape index (κ3) is 7.83. The average Bonchev–Trinajstić information content (AvgIpc) is 3.49. The molecule has 1 aromatic heterocycles. The number of likely N-dealkylation sites (N-methyl/N-ethyl adjacent to an activating group) is 1. The van der Waals surface area contributed by atoms with Crippen LogP contribution in [0.1, 0.15) is 53.0 Å². The number of rotatable bonds is 11. The van der Waals surface area contributed by atoms with Crippen molar-refractivity contribution >= 4 is 40.1 Å². The number of fused-ring (bicyclic) bond motifs is 1. The zero-order valence-electron chi connectivity index (χ0n) is 26.5. The number of ether oxygens (including phenoxy) is 1. The Kier molecular flexibility index (Phi) is 10.5. The largest absolute Gasteiger partial charge is 0.492 e. The summed E-state index contributed by atoms with van der Waals surface area (Å²) in [5.74, 6) is -1.64. The second-order valence-electron chi connectivity index (χ2n) is 12.1. The van der Waals surface area contributed by atoms with E-state index in [9.17, 15) is 23.2 Å². The van der Waals surface area contributed by atoms with E-state index in [2.05, 4.69) is 31.2 Å². The van der Waals surface area contributed by atoms with Crippen molar-refractivity contribution in [3.63, 3.8) is 0 Å². The lowest BCUT2D eigenvalue weighted by atomic mass is 9.85. The van der Waals surface area contributed by atoms with Gasteiger partial charge >= 0.3 is 0 Å².